The minimum Gasteiger partial charge on any atom is -0.310 e. The summed E-state index contributed by atoms with van der Waals surface area (Å²) in [5.41, 5.74) is 13.6. The first kappa shape index (κ1) is 30.4. The van der Waals surface area contributed by atoms with Crippen molar-refractivity contribution in [2.75, 3.05) is 4.90 Å². The highest BCUT2D eigenvalue weighted by Crippen LogP contribution is 2.54. The lowest BCUT2D eigenvalue weighted by atomic mass is 9.82. The first-order chi connectivity index (χ1) is 25.6. The summed E-state index contributed by atoms with van der Waals surface area (Å²) in [5.74, 6) is 0. The quantitative estimate of drug-likeness (QED) is 0.166. The molecule has 0 unspecified atom stereocenters. The Balaban J connectivity index is 1.17. The standard InChI is InChI=1S/C51H37N/c1-51(2)46-20-11-10-19-44(46)50-47(51)21-12-22-48(50)52(39-28-23-35(24-29-39)34-13-4-3-5-14-34)40-30-25-37(26-31-40)45-33-38-16-7-8-17-41(38)43-32-27-36-15-6-9-18-42(36)49(43)45/h3-33H,1-2H3. The first-order valence-corrected chi connectivity index (χ1v) is 18.2. The van der Waals surface area contributed by atoms with E-state index in [1.807, 2.05) is 0 Å². The molecule has 1 nitrogen and oxygen atoms in total. The van der Waals surface area contributed by atoms with E-state index in [0.29, 0.717) is 0 Å². The van der Waals surface area contributed by atoms with E-state index in [4.69, 9.17) is 0 Å². The molecule has 0 radical (unpaired) electrons. The molecule has 52 heavy (non-hydrogen) atoms. The van der Waals surface area contributed by atoms with Gasteiger partial charge in [-0.15, -0.1) is 0 Å². The highest BCUT2D eigenvalue weighted by molar-refractivity contribution is 6.23. The second kappa shape index (κ2) is 11.8. The lowest BCUT2D eigenvalue weighted by Gasteiger charge is -2.29. The summed E-state index contributed by atoms with van der Waals surface area (Å²) in [6.45, 7) is 4.71. The van der Waals surface area contributed by atoms with E-state index in [9.17, 15) is 0 Å². The van der Waals surface area contributed by atoms with Crippen molar-refractivity contribution < 1.29 is 0 Å². The summed E-state index contributed by atoms with van der Waals surface area (Å²) in [6.07, 6.45) is 0. The molecule has 9 aromatic carbocycles. The second-order valence-corrected chi connectivity index (χ2v) is 14.5. The molecule has 10 rings (SSSR count). The molecular formula is C51H37N. The van der Waals surface area contributed by atoms with Crippen LogP contribution in [0.1, 0.15) is 25.0 Å². The minimum absolute atomic E-state index is 0.0887. The van der Waals surface area contributed by atoms with E-state index >= 15 is 0 Å². The Kier molecular flexibility index (Phi) is 6.91. The topological polar surface area (TPSA) is 3.24 Å². The Morgan fingerprint density at radius 1 is 0.385 bits per heavy atom. The third kappa shape index (κ3) is 4.70. The fraction of sp³-hybridized carbons (Fsp3) is 0.0588. The van der Waals surface area contributed by atoms with E-state index in [1.54, 1.807) is 0 Å². The molecule has 0 amide bonds. The minimum atomic E-state index is -0.0887. The maximum Gasteiger partial charge on any atom is 0.0543 e. The largest absolute Gasteiger partial charge is 0.310 e. The van der Waals surface area contributed by atoms with E-state index < -0.39 is 0 Å². The highest BCUT2D eigenvalue weighted by atomic mass is 15.1. The predicted octanol–water partition coefficient (Wildman–Crippen LogP) is 14.3. The maximum atomic E-state index is 2.45. The second-order valence-electron chi connectivity index (χ2n) is 14.5. The van der Waals surface area contributed by atoms with Gasteiger partial charge in [0.05, 0.1) is 5.69 Å². The normalized spacial score (nSPS) is 13.0. The van der Waals surface area contributed by atoms with Gasteiger partial charge in [-0.3, -0.25) is 0 Å². The van der Waals surface area contributed by atoms with Crippen molar-refractivity contribution in [2.24, 2.45) is 0 Å². The highest BCUT2D eigenvalue weighted by Gasteiger charge is 2.37. The zero-order valence-corrected chi connectivity index (χ0v) is 29.3. The smallest absolute Gasteiger partial charge is 0.0543 e. The van der Waals surface area contributed by atoms with Gasteiger partial charge in [0.2, 0.25) is 0 Å². The molecule has 0 atom stereocenters. The van der Waals surface area contributed by atoms with Crippen LogP contribution in [0.3, 0.4) is 0 Å². The third-order valence-electron chi connectivity index (χ3n) is 11.2. The van der Waals surface area contributed by atoms with Gasteiger partial charge in [-0.2, -0.15) is 0 Å². The van der Waals surface area contributed by atoms with Crippen LogP contribution in [0.4, 0.5) is 17.1 Å². The van der Waals surface area contributed by atoms with Crippen molar-refractivity contribution in [1.82, 2.24) is 0 Å². The Morgan fingerprint density at radius 3 is 1.75 bits per heavy atom. The predicted molar refractivity (Wildman–Crippen MR) is 222 cm³/mol. The molecule has 0 aromatic heterocycles. The number of hydrogen-bond donors (Lipinski definition) is 0. The Hall–Kier alpha value is -6.44. The van der Waals surface area contributed by atoms with Crippen LogP contribution in [0.15, 0.2) is 188 Å². The Labute approximate surface area is 305 Å². The molecule has 0 spiro atoms. The van der Waals surface area contributed by atoms with E-state index in [2.05, 4.69) is 207 Å². The van der Waals surface area contributed by atoms with Gasteiger partial charge in [-0.25, -0.2) is 0 Å². The number of benzene rings is 9. The summed E-state index contributed by atoms with van der Waals surface area (Å²) in [5, 5.41) is 7.68. The van der Waals surface area contributed by atoms with Crippen LogP contribution in [0.25, 0.3) is 65.7 Å². The zero-order chi connectivity index (χ0) is 34.8. The molecule has 1 heteroatoms. The molecule has 0 saturated heterocycles. The number of hydrogen-bond acceptors (Lipinski definition) is 1. The number of fused-ring (bicyclic) bond motifs is 8. The molecule has 0 fully saturated rings. The summed E-state index contributed by atoms with van der Waals surface area (Å²) in [4.78, 5) is 2.45. The van der Waals surface area contributed by atoms with Crippen molar-refractivity contribution in [1.29, 1.82) is 0 Å². The molecule has 0 aliphatic heterocycles. The summed E-state index contributed by atoms with van der Waals surface area (Å²) in [7, 11) is 0. The van der Waals surface area contributed by atoms with Crippen molar-refractivity contribution in [3.8, 4) is 33.4 Å². The number of rotatable bonds is 5. The molecule has 246 valence electrons. The molecule has 1 aliphatic carbocycles. The zero-order valence-electron chi connectivity index (χ0n) is 29.3. The van der Waals surface area contributed by atoms with Gasteiger partial charge in [0.1, 0.15) is 0 Å². The third-order valence-corrected chi connectivity index (χ3v) is 11.2. The summed E-state index contributed by atoms with van der Waals surface area (Å²) < 4.78 is 0. The van der Waals surface area contributed by atoms with Gasteiger partial charge >= 0.3 is 0 Å². The maximum absolute atomic E-state index is 2.45. The fourth-order valence-corrected chi connectivity index (χ4v) is 8.68. The molecule has 0 bridgehead atoms. The lowest BCUT2D eigenvalue weighted by molar-refractivity contribution is 0.660. The van der Waals surface area contributed by atoms with Gasteiger partial charge in [-0.05, 0) is 108 Å². The van der Waals surface area contributed by atoms with Crippen LogP contribution >= 0.6 is 0 Å². The summed E-state index contributed by atoms with van der Waals surface area (Å²) >= 11 is 0. The van der Waals surface area contributed by atoms with Crippen LogP contribution in [0.2, 0.25) is 0 Å². The first-order valence-electron chi connectivity index (χ1n) is 18.2. The molecule has 0 heterocycles. The molecule has 1 aliphatic rings. The van der Waals surface area contributed by atoms with Crippen LogP contribution in [0, 0.1) is 0 Å². The number of anilines is 3. The van der Waals surface area contributed by atoms with E-state index in [-0.39, 0.29) is 5.41 Å². The van der Waals surface area contributed by atoms with E-state index in [0.717, 1.165) is 11.4 Å². The SMILES string of the molecule is CC1(C)c2ccccc2-c2c(N(c3ccc(-c4ccccc4)cc3)c3ccc(-c4cc5ccccc5c5ccc6ccccc6c45)cc3)cccc21. The Bertz CT molecular complexity index is 2790. The van der Waals surface area contributed by atoms with E-state index in [1.165, 1.54) is 82.5 Å². The van der Waals surface area contributed by atoms with Gasteiger partial charge in [0.25, 0.3) is 0 Å². The van der Waals surface area contributed by atoms with Gasteiger partial charge < -0.3 is 4.90 Å². The lowest BCUT2D eigenvalue weighted by Crippen LogP contribution is -2.16. The van der Waals surface area contributed by atoms with Crippen molar-refractivity contribution in [3.05, 3.63) is 199 Å². The monoisotopic (exact) mass is 663 g/mol. The van der Waals surface area contributed by atoms with Crippen LogP contribution in [0.5, 0.6) is 0 Å². The fourth-order valence-electron chi connectivity index (χ4n) is 8.68. The molecular weight excluding hydrogens is 627 g/mol. The van der Waals surface area contributed by atoms with Crippen LogP contribution < -0.4 is 4.90 Å². The van der Waals surface area contributed by atoms with Crippen LogP contribution in [-0.2, 0) is 5.41 Å². The van der Waals surface area contributed by atoms with Crippen LogP contribution in [-0.4, -0.2) is 0 Å². The van der Waals surface area contributed by atoms with Gasteiger partial charge in [0, 0.05) is 22.4 Å². The average molecular weight is 664 g/mol. The van der Waals surface area contributed by atoms with Crippen molar-refractivity contribution in [3.63, 3.8) is 0 Å². The summed E-state index contributed by atoms with van der Waals surface area (Å²) in [6, 6.07) is 69.1. The molecule has 9 aromatic rings. The molecule has 0 saturated carbocycles. The van der Waals surface area contributed by atoms with Gasteiger partial charge in [-0.1, -0.05) is 166 Å². The Morgan fingerprint density at radius 2 is 0.981 bits per heavy atom. The average Bonchev–Trinajstić information content (AvgIpc) is 3.45. The van der Waals surface area contributed by atoms with Crippen molar-refractivity contribution in [2.45, 2.75) is 19.3 Å². The van der Waals surface area contributed by atoms with Crippen molar-refractivity contribution >= 4 is 49.4 Å². The number of nitrogens with zero attached hydrogens (tertiary/aromatic N) is 1. The van der Waals surface area contributed by atoms with Gasteiger partial charge in [0.15, 0.2) is 0 Å². The molecule has 0 N–H and O–H groups in total.